The van der Waals surface area contributed by atoms with E-state index in [0.29, 0.717) is 0 Å². The van der Waals surface area contributed by atoms with E-state index in [9.17, 15) is 4.79 Å². The van der Waals surface area contributed by atoms with E-state index in [-0.39, 0.29) is 5.91 Å². The molecule has 0 saturated heterocycles. The molecule has 2 nitrogen and oxygen atoms in total. The summed E-state index contributed by atoms with van der Waals surface area (Å²) >= 11 is 3.43. The van der Waals surface area contributed by atoms with Crippen LogP contribution in [-0.2, 0) is 11.8 Å². The highest BCUT2D eigenvalue weighted by molar-refractivity contribution is 9.08. The molecule has 0 spiro atoms. The van der Waals surface area contributed by atoms with Crippen LogP contribution in [-0.4, -0.2) is 12.5 Å². The zero-order valence-electron chi connectivity index (χ0n) is 12.1. The van der Waals surface area contributed by atoms with Crippen molar-refractivity contribution in [3.05, 3.63) is 64.7 Å². The van der Waals surface area contributed by atoms with Gasteiger partial charge in [0.1, 0.15) is 0 Å². The third-order valence-electron chi connectivity index (χ3n) is 3.95. The Kier molecular flexibility index (Phi) is 4.11. The molecule has 1 aliphatic rings. The van der Waals surface area contributed by atoms with Crippen molar-refractivity contribution in [1.82, 2.24) is 0 Å². The molecule has 21 heavy (non-hydrogen) atoms. The second kappa shape index (κ2) is 6.02. The van der Waals surface area contributed by atoms with Crippen LogP contribution in [0.4, 0.5) is 5.69 Å². The lowest BCUT2D eigenvalue weighted by atomic mass is 9.98. The van der Waals surface area contributed by atoms with Crippen LogP contribution in [0.2, 0.25) is 0 Å². The molecule has 0 aromatic heterocycles. The number of aryl methyl sites for hydroxylation is 2. The van der Waals surface area contributed by atoms with Gasteiger partial charge in [-0.25, -0.2) is 0 Å². The molecule has 1 aliphatic heterocycles. The Morgan fingerprint density at radius 1 is 1.19 bits per heavy atom. The Hall–Kier alpha value is -1.61. The summed E-state index contributed by atoms with van der Waals surface area (Å²) in [6, 6.07) is 14.2. The maximum Gasteiger partial charge on any atom is 0.258 e. The smallest absolute Gasteiger partial charge is 0.258 e. The number of amides is 1. The number of halogens is 1. The number of rotatable bonds is 2. The van der Waals surface area contributed by atoms with Gasteiger partial charge < -0.3 is 4.90 Å². The Morgan fingerprint density at radius 2 is 1.95 bits per heavy atom. The Morgan fingerprint density at radius 3 is 2.67 bits per heavy atom. The van der Waals surface area contributed by atoms with Gasteiger partial charge in [-0.3, -0.25) is 4.79 Å². The third kappa shape index (κ3) is 2.88. The van der Waals surface area contributed by atoms with E-state index in [1.54, 1.807) is 0 Å². The van der Waals surface area contributed by atoms with Crippen LogP contribution in [0.25, 0.3) is 0 Å². The first-order chi connectivity index (χ1) is 10.2. The van der Waals surface area contributed by atoms with Crippen molar-refractivity contribution in [3.8, 4) is 0 Å². The van der Waals surface area contributed by atoms with Crippen LogP contribution in [0.1, 0.15) is 33.5 Å². The number of alkyl halides is 1. The molecule has 0 N–H and O–H groups in total. The van der Waals surface area contributed by atoms with Crippen molar-refractivity contribution in [1.29, 1.82) is 0 Å². The van der Waals surface area contributed by atoms with Crippen LogP contribution in [0.5, 0.6) is 0 Å². The lowest BCUT2D eigenvalue weighted by Gasteiger charge is -2.30. The van der Waals surface area contributed by atoms with E-state index in [0.717, 1.165) is 36.0 Å². The van der Waals surface area contributed by atoms with Crippen LogP contribution >= 0.6 is 15.9 Å². The van der Waals surface area contributed by atoms with E-state index < -0.39 is 0 Å². The molecule has 0 saturated carbocycles. The number of benzene rings is 2. The van der Waals surface area contributed by atoms with Gasteiger partial charge in [0.2, 0.25) is 0 Å². The van der Waals surface area contributed by atoms with Gasteiger partial charge in [-0.05, 0) is 49.1 Å². The largest absolute Gasteiger partial charge is 0.308 e. The first kappa shape index (κ1) is 14.3. The maximum absolute atomic E-state index is 12.8. The number of hydrogen-bond acceptors (Lipinski definition) is 1. The average Bonchev–Trinajstić information content (AvgIpc) is 2.53. The van der Waals surface area contributed by atoms with Gasteiger partial charge in [-0.15, -0.1) is 0 Å². The molecule has 3 rings (SSSR count). The summed E-state index contributed by atoms with van der Waals surface area (Å²) in [5, 5.41) is 0.813. The number of anilines is 1. The monoisotopic (exact) mass is 343 g/mol. The number of hydrogen-bond donors (Lipinski definition) is 0. The molecule has 108 valence electrons. The Labute approximate surface area is 133 Å². The van der Waals surface area contributed by atoms with E-state index in [2.05, 4.69) is 41.1 Å². The molecular weight excluding hydrogens is 326 g/mol. The maximum atomic E-state index is 12.8. The van der Waals surface area contributed by atoms with Crippen LogP contribution in [0, 0.1) is 6.92 Å². The van der Waals surface area contributed by atoms with Gasteiger partial charge in [0.15, 0.2) is 0 Å². The van der Waals surface area contributed by atoms with Crippen LogP contribution in [0.3, 0.4) is 0 Å². The summed E-state index contributed by atoms with van der Waals surface area (Å²) in [6.45, 7) is 2.90. The number of carbonyl (C=O) groups is 1. The van der Waals surface area contributed by atoms with Crippen molar-refractivity contribution >= 4 is 27.5 Å². The van der Waals surface area contributed by atoms with E-state index in [1.165, 1.54) is 16.7 Å². The van der Waals surface area contributed by atoms with Gasteiger partial charge in [-0.2, -0.15) is 0 Å². The third-order valence-corrected chi connectivity index (χ3v) is 4.60. The molecule has 0 atom stereocenters. The molecule has 0 fully saturated rings. The fraction of sp³-hybridized carbons (Fsp3) is 0.278. The summed E-state index contributed by atoms with van der Waals surface area (Å²) in [6.07, 6.45) is 2.09. The van der Waals surface area contributed by atoms with Crippen molar-refractivity contribution in [3.63, 3.8) is 0 Å². The molecule has 3 heteroatoms. The lowest BCUT2D eigenvalue weighted by Crippen LogP contribution is -2.35. The molecular formula is C18H18BrNO. The van der Waals surface area contributed by atoms with Gasteiger partial charge >= 0.3 is 0 Å². The van der Waals surface area contributed by atoms with E-state index >= 15 is 0 Å². The topological polar surface area (TPSA) is 20.3 Å². The molecule has 0 unspecified atom stereocenters. The van der Waals surface area contributed by atoms with Crippen LogP contribution in [0.15, 0.2) is 42.5 Å². The quantitative estimate of drug-likeness (QED) is 0.736. The van der Waals surface area contributed by atoms with Gasteiger partial charge in [0.05, 0.1) is 0 Å². The first-order valence-corrected chi connectivity index (χ1v) is 8.37. The van der Waals surface area contributed by atoms with Crippen molar-refractivity contribution in [2.45, 2.75) is 25.1 Å². The first-order valence-electron chi connectivity index (χ1n) is 7.25. The second-order valence-corrected chi connectivity index (χ2v) is 6.08. The number of nitrogens with zero attached hydrogens (tertiary/aromatic N) is 1. The molecule has 2 aromatic carbocycles. The van der Waals surface area contributed by atoms with E-state index in [1.807, 2.05) is 29.2 Å². The van der Waals surface area contributed by atoms with Crippen molar-refractivity contribution in [2.24, 2.45) is 0 Å². The molecule has 0 aliphatic carbocycles. The highest BCUT2D eigenvalue weighted by atomic mass is 79.9. The summed E-state index contributed by atoms with van der Waals surface area (Å²) < 4.78 is 0. The summed E-state index contributed by atoms with van der Waals surface area (Å²) in [4.78, 5) is 14.7. The normalized spacial score (nSPS) is 13.9. The highest BCUT2D eigenvalue weighted by Gasteiger charge is 2.23. The Balaban J connectivity index is 1.92. The van der Waals surface area contributed by atoms with Crippen molar-refractivity contribution < 1.29 is 4.79 Å². The van der Waals surface area contributed by atoms with Crippen LogP contribution < -0.4 is 4.90 Å². The molecule has 1 amide bonds. The fourth-order valence-electron chi connectivity index (χ4n) is 2.83. The van der Waals surface area contributed by atoms with E-state index in [4.69, 9.17) is 0 Å². The molecule has 0 radical (unpaired) electrons. The standard InChI is InChI=1S/C18H18BrNO/c1-13-4-9-17-16(11-13)3-2-10-20(17)18(21)15-7-5-14(12-19)6-8-15/h4-9,11H,2-3,10,12H2,1H3. The number of carbonyl (C=O) groups excluding carboxylic acids is 1. The zero-order chi connectivity index (χ0) is 14.8. The second-order valence-electron chi connectivity index (χ2n) is 5.52. The fourth-order valence-corrected chi connectivity index (χ4v) is 3.20. The minimum Gasteiger partial charge on any atom is -0.308 e. The minimum absolute atomic E-state index is 0.0981. The summed E-state index contributed by atoms with van der Waals surface area (Å²) in [5.41, 5.74) is 5.55. The number of fused-ring (bicyclic) bond motifs is 1. The van der Waals surface area contributed by atoms with Gasteiger partial charge in [0.25, 0.3) is 5.91 Å². The minimum atomic E-state index is 0.0981. The van der Waals surface area contributed by atoms with Gasteiger partial charge in [0, 0.05) is 23.1 Å². The molecule has 2 aromatic rings. The lowest BCUT2D eigenvalue weighted by molar-refractivity contribution is 0.0985. The predicted molar refractivity (Wildman–Crippen MR) is 90.2 cm³/mol. The summed E-state index contributed by atoms with van der Waals surface area (Å²) in [7, 11) is 0. The average molecular weight is 344 g/mol. The molecule has 1 heterocycles. The van der Waals surface area contributed by atoms with Gasteiger partial charge in [-0.1, -0.05) is 45.8 Å². The Bertz CT molecular complexity index is 663. The summed E-state index contributed by atoms with van der Waals surface area (Å²) in [5.74, 6) is 0.0981. The molecule has 0 bridgehead atoms. The van der Waals surface area contributed by atoms with Crippen molar-refractivity contribution in [2.75, 3.05) is 11.4 Å². The highest BCUT2D eigenvalue weighted by Crippen LogP contribution is 2.29. The SMILES string of the molecule is Cc1ccc2c(c1)CCCN2C(=O)c1ccc(CBr)cc1. The zero-order valence-corrected chi connectivity index (χ0v) is 13.7. The predicted octanol–water partition coefficient (Wildman–Crippen LogP) is 4.48.